The number of hydrogen-bond acceptors (Lipinski definition) is 3. The number of ether oxygens (including phenoxy) is 1. The van der Waals surface area contributed by atoms with Gasteiger partial charge >= 0.3 is 0 Å². The number of nitrogens with zero attached hydrogens (tertiary/aromatic N) is 1. The molecule has 5 rings (SSSR count). The van der Waals surface area contributed by atoms with Gasteiger partial charge in [-0.25, -0.2) is 0 Å². The zero-order valence-electron chi connectivity index (χ0n) is 14.1. The topological polar surface area (TPSA) is 41.6 Å². The third-order valence-corrected chi connectivity index (χ3v) is 6.08. The van der Waals surface area contributed by atoms with Gasteiger partial charge in [0.25, 0.3) is 5.91 Å². The second kappa shape index (κ2) is 5.43. The molecule has 0 aromatic heterocycles. The van der Waals surface area contributed by atoms with Gasteiger partial charge in [0, 0.05) is 25.2 Å². The third-order valence-electron chi connectivity index (χ3n) is 6.08. The van der Waals surface area contributed by atoms with Gasteiger partial charge in [0.15, 0.2) is 0 Å². The van der Waals surface area contributed by atoms with E-state index >= 15 is 0 Å². The molecule has 0 aromatic carbocycles. The molecule has 4 nitrogen and oxygen atoms in total. The standard InChI is InChI=1S/C20H24N2O2/c23-19(16-4-3-15-17-11-14(17)12-18(15)16)21-20(5-1-2-6-20)13-22-7-9-24-10-8-22/h3-4,12H,1-2,5-11,13H2,(H,21,23). The highest BCUT2D eigenvalue weighted by Crippen LogP contribution is 2.51. The number of amides is 1. The average Bonchev–Trinajstić information content (AvgIpc) is 2.93. The van der Waals surface area contributed by atoms with E-state index in [1.165, 1.54) is 29.6 Å². The van der Waals surface area contributed by atoms with Crippen LogP contribution >= 0.6 is 0 Å². The van der Waals surface area contributed by atoms with Crippen molar-refractivity contribution in [1.82, 2.24) is 10.2 Å². The average molecular weight is 324 g/mol. The molecule has 4 aliphatic carbocycles. The van der Waals surface area contributed by atoms with E-state index in [1.807, 2.05) is 6.08 Å². The van der Waals surface area contributed by atoms with Crippen LogP contribution in [-0.4, -0.2) is 49.2 Å². The Balaban J connectivity index is 1.34. The van der Waals surface area contributed by atoms with Gasteiger partial charge in [-0.3, -0.25) is 9.69 Å². The Morgan fingerprint density at radius 2 is 1.96 bits per heavy atom. The lowest BCUT2D eigenvalue weighted by Gasteiger charge is -2.38. The Labute approximate surface area is 142 Å². The number of fused-ring (bicyclic) bond motifs is 2. The summed E-state index contributed by atoms with van der Waals surface area (Å²) in [4.78, 5) is 15.5. The fourth-order valence-corrected chi connectivity index (χ4v) is 4.70. The van der Waals surface area contributed by atoms with Crippen LogP contribution in [-0.2, 0) is 9.53 Å². The lowest BCUT2D eigenvalue weighted by Crippen LogP contribution is -2.55. The summed E-state index contributed by atoms with van der Waals surface area (Å²) >= 11 is 0. The molecule has 0 radical (unpaired) electrons. The molecule has 0 atom stereocenters. The summed E-state index contributed by atoms with van der Waals surface area (Å²) in [5.41, 5.74) is 6.14. The molecule has 2 saturated carbocycles. The first kappa shape index (κ1) is 14.7. The minimum atomic E-state index is -0.0552. The van der Waals surface area contributed by atoms with Gasteiger partial charge in [-0.1, -0.05) is 18.9 Å². The number of carbonyl (C=O) groups excluding carboxylic acids is 1. The van der Waals surface area contributed by atoms with Crippen LogP contribution in [0, 0.1) is 0 Å². The van der Waals surface area contributed by atoms with Gasteiger partial charge in [-0.2, -0.15) is 0 Å². The normalized spacial score (nSPS) is 27.4. The number of allylic oxidation sites excluding steroid dienone is 6. The van der Waals surface area contributed by atoms with Gasteiger partial charge in [0.2, 0.25) is 0 Å². The van der Waals surface area contributed by atoms with E-state index in [0.29, 0.717) is 0 Å². The van der Waals surface area contributed by atoms with E-state index in [0.717, 1.165) is 63.3 Å². The number of hydrogen-bond donors (Lipinski definition) is 1. The quantitative estimate of drug-likeness (QED) is 0.862. The van der Waals surface area contributed by atoms with Crippen molar-refractivity contribution >= 4 is 5.91 Å². The van der Waals surface area contributed by atoms with Crippen LogP contribution in [0.5, 0.6) is 0 Å². The van der Waals surface area contributed by atoms with Crippen molar-refractivity contribution in [2.24, 2.45) is 0 Å². The Kier molecular flexibility index (Phi) is 3.32. The smallest absolute Gasteiger partial charge is 0.252 e. The Bertz CT molecular complexity index is 714. The van der Waals surface area contributed by atoms with Crippen LogP contribution in [0.15, 0.2) is 46.1 Å². The van der Waals surface area contributed by atoms with Gasteiger partial charge < -0.3 is 10.1 Å². The highest BCUT2D eigenvalue weighted by atomic mass is 16.5. The maximum Gasteiger partial charge on any atom is 0.252 e. The second-order valence-electron chi connectivity index (χ2n) is 7.73. The summed E-state index contributed by atoms with van der Waals surface area (Å²) in [7, 11) is 0. The number of carbonyl (C=O) groups is 1. The summed E-state index contributed by atoms with van der Waals surface area (Å²) in [6.07, 6.45) is 12.1. The fourth-order valence-electron chi connectivity index (χ4n) is 4.70. The maximum absolute atomic E-state index is 13.0. The summed E-state index contributed by atoms with van der Waals surface area (Å²) in [5.74, 6) is 0.116. The lowest BCUT2D eigenvalue weighted by atomic mass is 9.95. The first-order chi connectivity index (χ1) is 11.7. The molecule has 1 aliphatic heterocycles. The SMILES string of the molecule is O=C(NC1(CN2CCOCC2)CCCC1)C1=C2C=C3CC3=C2C=C1. The van der Waals surface area contributed by atoms with Crippen molar-refractivity contribution in [1.29, 1.82) is 0 Å². The molecule has 24 heavy (non-hydrogen) atoms. The van der Waals surface area contributed by atoms with Crippen molar-refractivity contribution in [3.8, 4) is 0 Å². The van der Waals surface area contributed by atoms with Crippen LogP contribution in [0.1, 0.15) is 32.1 Å². The van der Waals surface area contributed by atoms with Crippen molar-refractivity contribution in [2.75, 3.05) is 32.8 Å². The molecule has 0 bridgehead atoms. The van der Waals surface area contributed by atoms with Crippen LogP contribution < -0.4 is 5.32 Å². The van der Waals surface area contributed by atoms with Crippen LogP contribution in [0.25, 0.3) is 0 Å². The van der Waals surface area contributed by atoms with Crippen LogP contribution in [0.2, 0.25) is 0 Å². The largest absolute Gasteiger partial charge is 0.379 e. The molecule has 1 heterocycles. The first-order valence-electron chi connectivity index (χ1n) is 9.24. The molecule has 3 fully saturated rings. The van der Waals surface area contributed by atoms with E-state index in [2.05, 4.69) is 22.4 Å². The Hall–Kier alpha value is -1.65. The zero-order valence-corrected chi connectivity index (χ0v) is 14.1. The molecule has 0 unspecified atom stereocenters. The maximum atomic E-state index is 13.0. The monoisotopic (exact) mass is 324 g/mol. The van der Waals surface area contributed by atoms with Gasteiger partial charge in [-0.15, -0.1) is 0 Å². The summed E-state index contributed by atoms with van der Waals surface area (Å²) in [5, 5.41) is 3.44. The third kappa shape index (κ3) is 2.40. The molecule has 4 heteroatoms. The highest BCUT2D eigenvalue weighted by molar-refractivity contribution is 6.02. The van der Waals surface area contributed by atoms with Crippen molar-refractivity contribution < 1.29 is 9.53 Å². The van der Waals surface area contributed by atoms with E-state index in [-0.39, 0.29) is 11.4 Å². The first-order valence-corrected chi connectivity index (χ1v) is 9.24. The number of morpholine rings is 1. The van der Waals surface area contributed by atoms with Crippen LogP contribution in [0.3, 0.4) is 0 Å². The van der Waals surface area contributed by atoms with Crippen molar-refractivity contribution in [3.63, 3.8) is 0 Å². The predicted molar refractivity (Wildman–Crippen MR) is 92.5 cm³/mol. The summed E-state index contributed by atoms with van der Waals surface area (Å²) < 4.78 is 5.46. The molecule has 5 aliphatic rings. The number of nitrogens with one attached hydrogen (secondary N) is 1. The molecule has 1 amide bonds. The van der Waals surface area contributed by atoms with Crippen molar-refractivity contribution in [3.05, 3.63) is 46.1 Å². The molecule has 1 N–H and O–H groups in total. The van der Waals surface area contributed by atoms with Gasteiger partial charge in [0.05, 0.1) is 18.8 Å². The van der Waals surface area contributed by atoms with Crippen LogP contribution in [0.4, 0.5) is 0 Å². The molecule has 126 valence electrons. The zero-order chi connectivity index (χ0) is 16.1. The molecular weight excluding hydrogens is 300 g/mol. The fraction of sp³-hybridized carbons (Fsp3) is 0.550. The molecule has 0 spiro atoms. The van der Waals surface area contributed by atoms with E-state index in [9.17, 15) is 4.79 Å². The van der Waals surface area contributed by atoms with Gasteiger partial charge in [-0.05, 0) is 53.7 Å². The Morgan fingerprint density at radius 3 is 2.75 bits per heavy atom. The lowest BCUT2D eigenvalue weighted by molar-refractivity contribution is -0.119. The Morgan fingerprint density at radius 1 is 1.17 bits per heavy atom. The van der Waals surface area contributed by atoms with Crippen molar-refractivity contribution in [2.45, 2.75) is 37.6 Å². The summed E-state index contributed by atoms with van der Waals surface area (Å²) in [6, 6.07) is 0. The predicted octanol–water partition coefficient (Wildman–Crippen LogP) is 2.25. The van der Waals surface area contributed by atoms with E-state index in [4.69, 9.17) is 4.74 Å². The molecule has 1 saturated heterocycles. The molecule has 0 aromatic rings. The summed E-state index contributed by atoms with van der Waals surface area (Å²) in [6.45, 7) is 4.55. The van der Waals surface area contributed by atoms with E-state index < -0.39 is 0 Å². The second-order valence-corrected chi connectivity index (χ2v) is 7.73. The minimum Gasteiger partial charge on any atom is -0.379 e. The molecular formula is C20H24N2O2. The highest BCUT2D eigenvalue weighted by Gasteiger charge is 2.40. The number of rotatable bonds is 4. The minimum absolute atomic E-state index is 0.0552. The van der Waals surface area contributed by atoms with Gasteiger partial charge in [0.1, 0.15) is 0 Å². The van der Waals surface area contributed by atoms with E-state index in [1.54, 1.807) is 0 Å².